The third kappa shape index (κ3) is 2.74. The Labute approximate surface area is 160 Å². The highest BCUT2D eigenvalue weighted by Crippen LogP contribution is 2.33. The van der Waals surface area contributed by atoms with Crippen molar-refractivity contribution < 1.29 is 9.72 Å². The number of non-ortho nitro benzene ring substituents is 1. The minimum absolute atomic E-state index is 0.0663. The van der Waals surface area contributed by atoms with Crippen LogP contribution in [0.5, 0.6) is 0 Å². The van der Waals surface area contributed by atoms with Gasteiger partial charge < -0.3 is 4.90 Å². The van der Waals surface area contributed by atoms with Crippen molar-refractivity contribution in [2.75, 3.05) is 11.4 Å². The van der Waals surface area contributed by atoms with E-state index in [1.54, 1.807) is 30.3 Å². The first kappa shape index (κ1) is 17.8. The second kappa shape index (κ2) is 6.56. The van der Waals surface area contributed by atoms with E-state index in [0.717, 1.165) is 5.56 Å². The summed E-state index contributed by atoms with van der Waals surface area (Å²) in [7, 11) is 0. The number of nitro benzene ring substituents is 1. The highest BCUT2D eigenvalue weighted by Gasteiger charge is 2.30. The molecule has 0 aliphatic carbocycles. The van der Waals surface area contributed by atoms with E-state index in [0.29, 0.717) is 29.4 Å². The van der Waals surface area contributed by atoms with Crippen molar-refractivity contribution in [2.45, 2.75) is 26.3 Å². The summed E-state index contributed by atoms with van der Waals surface area (Å²) in [5.41, 5.74) is 1.25. The quantitative estimate of drug-likeness (QED) is 0.515. The van der Waals surface area contributed by atoms with Gasteiger partial charge >= 0.3 is 0 Å². The maximum atomic E-state index is 13.4. The molecule has 0 radical (unpaired) electrons. The molecule has 3 aromatic rings. The summed E-state index contributed by atoms with van der Waals surface area (Å²) in [5.74, 6) is -0.371. The Hall–Kier alpha value is -3.55. The van der Waals surface area contributed by atoms with Crippen LogP contribution < -0.4 is 10.5 Å². The van der Waals surface area contributed by atoms with Gasteiger partial charge in [-0.15, -0.1) is 0 Å². The molecule has 1 aromatic heterocycles. The lowest BCUT2D eigenvalue weighted by Gasteiger charge is -2.19. The fourth-order valence-electron chi connectivity index (χ4n) is 3.53. The van der Waals surface area contributed by atoms with Crippen LogP contribution in [0.2, 0.25) is 0 Å². The average Bonchev–Trinajstić information content (AvgIpc) is 3.11. The molecule has 0 fully saturated rings. The highest BCUT2D eigenvalue weighted by atomic mass is 16.6. The van der Waals surface area contributed by atoms with Crippen LogP contribution in [0.4, 0.5) is 11.4 Å². The van der Waals surface area contributed by atoms with Gasteiger partial charge in [0.15, 0.2) is 5.69 Å². The molecular formula is C20H18N4O4. The first-order valence-corrected chi connectivity index (χ1v) is 8.99. The van der Waals surface area contributed by atoms with Gasteiger partial charge in [0.1, 0.15) is 0 Å². The zero-order valence-corrected chi connectivity index (χ0v) is 15.5. The number of hydrogen-bond donors (Lipinski definition) is 0. The minimum atomic E-state index is -0.478. The van der Waals surface area contributed by atoms with Gasteiger partial charge in [-0.2, -0.15) is 5.10 Å². The molecule has 0 N–H and O–H groups in total. The zero-order valence-electron chi connectivity index (χ0n) is 15.5. The van der Waals surface area contributed by atoms with E-state index in [2.05, 4.69) is 5.10 Å². The van der Waals surface area contributed by atoms with Crippen LogP contribution in [-0.4, -0.2) is 27.2 Å². The number of carbonyl (C=O) groups excluding carboxylic acids is 1. The van der Waals surface area contributed by atoms with Gasteiger partial charge in [0.25, 0.3) is 17.2 Å². The van der Waals surface area contributed by atoms with E-state index >= 15 is 0 Å². The molecule has 28 heavy (non-hydrogen) atoms. The van der Waals surface area contributed by atoms with Gasteiger partial charge in [0, 0.05) is 24.1 Å². The Kier molecular flexibility index (Phi) is 4.18. The van der Waals surface area contributed by atoms with Crippen molar-refractivity contribution in [3.8, 4) is 0 Å². The van der Waals surface area contributed by atoms with E-state index in [4.69, 9.17) is 0 Å². The SMILES string of the molecule is CC(C)n1nc(C(=O)N2CCc3ccc([N+](=O)[O-])cc32)c2ccccc2c1=O. The van der Waals surface area contributed by atoms with Gasteiger partial charge in [0.2, 0.25) is 0 Å². The van der Waals surface area contributed by atoms with Crippen molar-refractivity contribution in [3.05, 3.63) is 74.2 Å². The number of rotatable bonds is 3. The number of nitrogens with zero attached hydrogens (tertiary/aromatic N) is 4. The van der Waals surface area contributed by atoms with Gasteiger partial charge in [-0.05, 0) is 31.9 Å². The van der Waals surface area contributed by atoms with Crippen LogP contribution in [0.1, 0.15) is 35.9 Å². The summed E-state index contributed by atoms with van der Waals surface area (Å²) in [6, 6.07) is 11.2. The Bertz CT molecular complexity index is 1180. The van der Waals surface area contributed by atoms with Crippen LogP contribution in [0.15, 0.2) is 47.3 Å². The van der Waals surface area contributed by atoms with E-state index in [1.165, 1.54) is 21.7 Å². The van der Waals surface area contributed by atoms with E-state index < -0.39 is 4.92 Å². The lowest BCUT2D eigenvalue weighted by molar-refractivity contribution is -0.384. The Morgan fingerprint density at radius 3 is 2.57 bits per heavy atom. The van der Waals surface area contributed by atoms with Crippen molar-refractivity contribution in [1.82, 2.24) is 9.78 Å². The van der Waals surface area contributed by atoms with Crippen LogP contribution in [0, 0.1) is 10.1 Å². The predicted molar refractivity (Wildman–Crippen MR) is 105 cm³/mol. The fraction of sp³-hybridized carbons (Fsp3) is 0.250. The molecule has 4 rings (SSSR count). The van der Waals surface area contributed by atoms with Gasteiger partial charge in [-0.1, -0.05) is 24.3 Å². The Morgan fingerprint density at radius 1 is 1.18 bits per heavy atom. The van der Waals surface area contributed by atoms with Gasteiger partial charge in [-0.25, -0.2) is 4.68 Å². The maximum Gasteiger partial charge on any atom is 0.279 e. The number of anilines is 1. The molecule has 2 aromatic carbocycles. The lowest BCUT2D eigenvalue weighted by Crippen LogP contribution is -2.34. The molecule has 0 spiro atoms. The average molecular weight is 378 g/mol. The number of hydrogen-bond acceptors (Lipinski definition) is 5. The van der Waals surface area contributed by atoms with E-state index in [-0.39, 0.29) is 28.9 Å². The number of nitro groups is 1. The van der Waals surface area contributed by atoms with Crippen molar-refractivity contribution in [3.63, 3.8) is 0 Å². The molecule has 0 unspecified atom stereocenters. The number of aromatic nitrogens is 2. The first-order valence-electron chi connectivity index (χ1n) is 8.99. The minimum Gasteiger partial charge on any atom is -0.306 e. The summed E-state index contributed by atoms with van der Waals surface area (Å²) < 4.78 is 1.31. The smallest absolute Gasteiger partial charge is 0.279 e. The molecule has 1 aliphatic rings. The molecule has 0 saturated heterocycles. The highest BCUT2D eigenvalue weighted by molar-refractivity contribution is 6.13. The third-order valence-electron chi connectivity index (χ3n) is 4.94. The van der Waals surface area contributed by atoms with Crippen LogP contribution in [0.3, 0.4) is 0 Å². The summed E-state index contributed by atoms with van der Waals surface area (Å²) >= 11 is 0. The monoisotopic (exact) mass is 378 g/mol. The molecule has 1 aliphatic heterocycles. The molecule has 0 bridgehead atoms. The van der Waals surface area contributed by atoms with Gasteiger partial charge in [-0.3, -0.25) is 19.7 Å². The Morgan fingerprint density at radius 2 is 1.89 bits per heavy atom. The molecule has 142 valence electrons. The lowest BCUT2D eigenvalue weighted by atomic mass is 10.1. The molecule has 2 heterocycles. The maximum absolute atomic E-state index is 13.4. The van der Waals surface area contributed by atoms with E-state index in [9.17, 15) is 19.7 Å². The predicted octanol–water partition coefficient (Wildman–Crippen LogP) is 3.09. The number of carbonyl (C=O) groups is 1. The summed E-state index contributed by atoms with van der Waals surface area (Å²) in [4.78, 5) is 38.2. The standard InChI is InChI=1S/C20H18N4O4/c1-12(2)23-19(25)16-6-4-3-5-15(16)18(21-23)20(26)22-10-9-13-7-8-14(24(27)28)11-17(13)22/h3-8,11-12H,9-10H2,1-2H3. The largest absolute Gasteiger partial charge is 0.306 e. The van der Waals surface area contributed by atoms with Gasteiger partial charge in [0.05, 0.1) is 22.0 Å². The fourth-order valence-corrected chi connectivity index (χ4v) is 3.53. The van der Waals surface area contributed by atoms with Crippen LogP contribution in [-0.2, 0) is 6.42 Å². The number of fused-ring (bicyclic) bond motifs is 2. The molecule has 1 amide bonds. The summed E-state index contributed by atoms with van der Waals surface area (Å²) in [5, 5.41) is 16.4. The normalized spacial score (nSPS) is 13.2. The first-order chi connectivity index (χ1) is 13.4. The van der Waals surface area contributed by atoms with Crippen LogP contribution in [0.25, 0.3) is 10.8 Å². The molecule has 0 saturated carbocycles. The third-order valence-corrected chi connectivity index (χ3v) is 4.94. The second-order valence-corrected chi connectivity index (χ2v) is 7.01. The molecule has 0 atom stereocenters. The molecular weight excluding hydrogens is 360 g/mol. The molecule has 8 nitrogen and oxygen atoms in total. The molecule has 8 heteroatoms. The Balaban J connectivity index is 1.88. The van der Waals surface area contributed by atoms with Crippen molar-refractivity contribution >= 4 is 28.1 Å². The number of amides is 1. The summed E-state index contributed by atoms with van der Waals surface area (Å²) in [6.07, 6.45) is 0.612. The summed E-state index contributed by atoms with van der Waals surface area (Å²) in [6.45, 7) is 4.06. The topological polar surface area (TPSA) is 98.3 Å². The van der Waals surface area contributed by atoms with Crippen LogP contribution >= 0.6 is 0 Å². The van der Waals surface area contributed by atoms with E-state index in [1.807, 2.05) is 13.8 Å². The number of benzene rings is 2. The second-order valence-electron chi connectivity index (χ2n) is 7.01. The van der Waals surface area contributed by atoms with Crippen molar-refractivity contribution in [1.29, 1.82) is 0 Å². The zero-order chi connectivity index (χ0) is 20.0. The van der Waals surface area contributed by atoms with Crippen molar-refractivity contribution in [2.24, 2.45) is 0 Å².